The fourth-order valence-corrected chi connectivity index (χ4v) is 2.63. The Hall–Kier alpha value is -1.58. The molecule has 0 radical (unpaired) electrons. The zero-order valence-electron chi connectivity index (χ0n) is 10.5. The lowest BCUT2D eigenvalue weighted by molar-refractivity contribution is -0.141. The normalized spacial score (nSPS) is 11.5. The third-order valence-electron chi connectivity index (χ3n) is 2.45. The average Bonchev–Trinajstić information content (AvgIpc) is 2.83. The highest BCUT2D eigenvalue weighted by Crippen LogP contribution is 2.29. The van der Waals surface area contributed by atoms with E-state index in [4.69, 9.17) is 17.4 Å². The number of thiophene rings is 1. The maximum absolute atomic E-state index is 12.7. The number of rotatable bonds is 5. The Balaban J connectivity index is 2.05. The van der Waals surface area contributed by atoms with Gasteiger partial charge in [0.05, 0.1) is 4.34 Å². The van der Waals surface area contributed by atoms with Gasteiger partial charge in [-0.15, -0.1) is 11.3 Å². The molecule has 5 nitrogen and oxygen atoms in total. The highest BCUT2D eigenvalue weighted by atomic mass is 35.5. The Morgan fingerprint density at radius 1 is 1.29 bits per heavy atom. The molecule has 0 spiro atoms. The topological polar surface area (TPSA) is 75.9 Å². The van der Waals surface area contributed by atoms with Gasteiger partial charge in [0.1, 0.15) is 5.82 Å². The van der Waals surface area contributed by atoms with Gasteiger partial charge in [-0.3, -0.25) is 5.43 Å². The summed E-state index contributed by atoms with van der Waals surface area (Å²) in [4.78, 5) is 8.11. The van der Waals surface area contributed by atoms with E-state index >= 15 is 0 Å². The molecule has 0 aliphatic heterocycles. The standard InChI is InChI=1S/C11H11ClF3N5S/c12-8-2-1-6(21-8)3-4-17-9-5-7(11(13,14)15)18-10(19-9)20-16/h1-2,5H,3-4,16H2,(H2,17,18,19,20). The second-order valence-electron chi connectivity index (χ2n) is 3.99. The first-order chi connectivity index (χ1) is 9.88. The SMILES string of the molecule is NNc1nc(NCCc2ccc(Cl)s2)cc(C(F)(F)F)n1. The van der Waals surface area contributed by atoms with Crippen LogP contribution >= 0.6 is 22.9 Å². The summed E-state index contributed by atoms with van der Waals surface area (Å²) in [5.41, 5.74) is 0.951. The lowest BCUT2D eigenvalue weighted by Gasteiger charge is -2.11. The second kappa shape index (κ2) is 6.46. The van der Waals surface area contributed by atoms with Crippen LogP contribution in [0.3, 0.4) is 0 Å². The van der Waals surface area contributed by atoms with Crippen molar-refractivity contribution in [3.05, 3.63) is 33.1 Å². The number of anilines is 2. The molecule has 2 rings (SSSR count). The largest absolute Gasteiger partial charge is 0.433 e. The number of nitrogens with two attached hydrogens (primary N) is 1. The molecule has 0 atom stereocenters. The summed E-state index contributed by atoms with van der Waals surface area (Å²) in [7, 11) is 0. The molecule has 0 aliphatic carbocycles. The molecule has 4 N–H and O–H groups in total. The minimum absolute atomic E-state index is 0.0490. The van der Waals surface area contributed by atoms with Crippen LogP contribution in [0.2, 0.25) is 4.34 Å². The first kappa shape index (κ1) is 15.8. The van der Waals surface area contributed by atoms with E-state index in [0.29, 0.717) is 17.3 Å². The molecule has 0 amide bonds. The summed E-state index contributed by atoms with van der Waals surface area (Å²) >= 11 is 7.22. The Morgan fingerprint density at radius 2 is 2.05 bits per heavy atom. The molecule has 21 heavy (non-hydrogen) atoms. The van der Waals surface area contributed by atoms with Crippen LogP contribution in [0.4, 0.5) is 24.9 Å². The quantitative estimate of drug-likeness (QED) is 0.577. The van der Waals surface area contributed by atoms with Crippen molar-refractivity contribution in [2.75, 3.05) is 17.3 Å². The van der Waals surface area contributed by atoms with Crippen LogP contribution in [0.15, 0.2) is 18.2 Å². The molecule has 0 saturated carbocycles. The van der Waals surface area contributed by atoms with Crippen molar-refractivity contribution >= 4 is 34.7 Å². The minimum atomic E-state index is -4.56. The Labute approximate surface area is 127 Å². The van der Waals surface area contributed by atoms with Crippen molar-refractivity contribution < 1.29 is 13.2 Å². The van der Waals surface area contributed by atoms with Gasteiger partial charge >= 0.3 is 6.18 Å². The van der Waals surface area contributed by atoms with Gasteiger partial charge in [-0.1, -0.05) is 11.6 Å². The molecular formula is C11H11ClF3N5S. The van der Waals surface area contributed by atoms with E-state index in [1.807, 2.05) is 11.5 Å². The first-order valence-electron chi connectivity index (χ1n) is 5.79. The van der Waals surface area contributed by atoms with Gasteiger partial charge in [-0.2, -0.15) is 18.2 Å². The van der Waals surface area contributed by atoms with Crippen LogP contribution in [0.25, 0.3) is 0 Å². The molecule has 0 unspecified atom stereocenters. The second-order valence-corrected chi connectivity index (χ2v) is 5.79. The molecule has 0 aliphatic rings. The molecule has 0 saturated heterocycles. The number of hydrogen-bond donors (Lipinski definition) is 3. The Kier molecular flexibility index (Phi) is 4.86. The van der Waals surface area contributed by atoms with Crippen LogP contribution in [0.1, 0.15) is 10.6 Å². The van der Waals surface area contributed by atoms with Gasteiger partial charge in [-0.05, 0) is 18.6 Å². The zero-order chi connectivity index (χ0) is 15.5. The van der Waals surface area contributed by atoms with E-state index in [9.17, 15) is 13.2 Å². The zero-order valence-corrected chi connectivity index (χ0v) is 12.1. The van der Waals surface area contributed by atoms with Gasteiger partial charge in [0.25, 0.3) is 0 Å². The number of nitrogens with one attached hydrogen (secondary N) is 2. The van der Waals surface area contributed by atoms with E-state index in [0.717, 1.165) is 10.9 Å². The van der Waals surface area contributed by atoms with Crippen LogP contribution in [-0.4, -0.2) is 16.5 Å². The number of nitrogens with zero attached hydrogens (tertiary/aromatic N) is 2. The highest BCUT2D eigenvalue weighted by molar-refractivity contribution is 7.16. The molecule has 114 valence electrons. The van der Waals surface area contributed by atoms with Gasteiger partial charge in [0, 0.05) is 17.5 Å². The van der Waals surface area contributed by atoms with Crippen molar-refractivity contribution in [3.8, 4) is 0 Å². The van der Waals surface area contributed by atoms with Gasteiger partial charge in [0.15, 0.2) is 5.69 Å². The van der Waals surface area contributed by atoms with Crippen LogP contribution in [0.5, 0.6) is 0 Å². The summed E-state index contributed by atoms with van der Waals surface area (Å²) in [6, 6.07) is 4.47. The Morgan fingerprint density at radius 3 is 2.62 bits per heavy atom. The van der Waals surface area contributed by atoms with E-state index in [2.05, 4.69) is 15.3 Å². The van der Waals surface area contributed by atoms with Crippen molar-refractivity contribution in [2.45, 2.75) is 12.6 Å². The van der Waals surface area contributed by atoms with Crippen molar-refractivity contribution in [3.63, 3.8) is 0 Å². The summed E-state index contributed by atoms with van der Waals surface area (Å²) in [5.74, 6) is 4.82. The third kappa shape index (κ3) is 4.45. The van der Waals surface area contributed by atoms with Crippen LogP contribution < -0.4 is 16.6 Å². The predicted octanol–water partition coefficient (Wildman–Crippen LogP) is 3.15. The molecule has 0 bridgehead atoms. The molecule has 0 aromatic carbocycles. The molecule has 10 heteroatoms. The minimum Gasteiger partial charge on any atom is -0.370 e. The molecule has 2 aromatic heterocycles. The first-order valence-corrected chi connectivity index (χ1v) is 6.99. The van der Waals surface area contributed by atoms with E-state index in [-0.39, 0.29) is 11.8 Å². The predicted molar refractivity (Wildman–Crippen MR) is 76.4 cm³/mol. The van der Waals surface area contributed by atoms with E-state index in [1.54, 1.807) is 6.07 Å². The van der Waals surface area contributed by atoms with E-state index in [1.165, 1.54) is 11.3 Å². The molecule has 2 aromatic rings. The molecule has 2 heterocycles. The number of alkyl halides is 3. The monoisotopic (exact) mass is 337 g/mol. The van der Waals surface area contributed by atoms with Gasteiger partial charge in [0.2, 0.25) is 5.95 Å². The number of hydrogen-bond acceptors (Lipinski definition) is 6. The summed E-state index contributed by atoms with van der Waals surface area (Å²) in [6.07, 6.45) is -3.94. The maximum atomic E-state index is 12.7. The smallest absolute Gasteiger partial charge is 0.370 e. The van der Waals surface area contributed by atoms with Crippen molar-refractivity contribution in [1.29, 1.82) is 0 Å². The third-order valence-corrected chi connectivity index (χ3v) is 3.74. The number of nitrogen functional groups attached to an aromatic ring is 1. The highest BCUT2D eigenvalue weighted by Gasteiger charge is 2.33. The number of aromatic nitrogens is 2. The molecule has 0 fully saturated rings. The molecular weight excluding hydrogens is 327 g/mol. The van der Waals surface area contributed by atoms with Gasteiger partial charge < -0.3 is 5.32 Å². The van der Waals surface area contributed by atoms with Crippen molar-refractivity contribution in [2.24, 2.45) is 5.84 Å². The van der Waals surface area contributed by atoms with Crippen molar-refractivity contribution in [1.82, 2.24) is 9.97 Å². The fourth-order valence-electron chi connectivity index (χ4n) is 1.55. The van der Waals surface area contributed by atoms with Crippen LogP contribution in [0, 0.1) is 0 Å². The average molecular weight is 338 g/mol. The van der Waals surface area contributed by atoms with E-state index < -0.39 is 11.9 Å². The van der Waals surface area contributed by atoms with Crippen LogP contribution in [-0.2, 0) is 12.6 Å². The lowest BCUT2D eigenvalue weighted by atomic mass is 10.3. The fraction of sp³-hybridized carbons (Fsp3) is 0.273. The Bertz CT molecular complexity index is 616. The lowest BCUT2D eigenvalue weighted by Crippen LogP contribution is -2.17. The number of halogens is 4. The summed E-state index contributed by atoms with van der Waals surface area (Å²) in [6.45, 7) is 0.412. The number of hydrazine groups is 1. The summed E-state index contributed by atoms with van der Waals surface area (Å²) in [5, 5.41) is 2.81. The van der Waals surface area contributed by atoms with Gasteiger partial charge in [-0.25, -0.2) is 10.8 Å². The summed E-state index contributed by atoms with van der Waals surface area (Å²) < 4.78 is 38.7. The maximum Gasteiger partial charge on any atom is 0.433 e.